The summed E-state index contributed by atoms with van der Waals surface area (Å²) in [6.45, 7) is 8.98. The molecular weight excluding hydrogens is 212 g/mol. The first kappa shape index (κ1) is 11.6. The molecule has 2 N–H and O–H groups in total. The van der Waals surface area contributed by atoms with Crippen molar-refractivity contribution < 1.29 is 0 Å². The lowest BCUT2D eigenvalue weighted by atomic mass is 10.1. The highest BCUT2D eigenvalue weighted by atomic mass is 15.3. The molecule has 2 aromatic heterocycles. The normalized spacial score (nSPS) is 10.8. The van der Waals surface area contributed by atoms with Crippen LogP contribution in [0.3, 0.4) is 0 Å². The molecule has 0 aliphatic rings. The Morgan fingerprint density at radius 3 is 2.41 bits per heavy atom. The zero-order valence-corrected chi connectivity index (χ0v) is 10.8. The second-order valence-electron chi connectivity index (χ2n) is 4.23. The maximum Gasteiger partial charge on any atom is 0.0743 e. The van der Waals surface area contributed by atoms with Gasteiger partial charge in [-0.3, -0.25) is 9.67 Å². The third kappa shape index (κ3) is 1.90. The largest absolute Gasteiger partial charge is 0.397 e. The summed E-state index contributed by atoms with van der Waals surface area (Å²) in [7, 11) is 0. The lowest BCUT2D eigenvalue weighted by Gasteiger charge is -2.05. The second kappa shape index (κ2) is 4.20. The predicted octanol–water partition coefficient (Wildman–Crippen LogP) is 2.47. The van der Waals surface area contributed by atoms with Gasteiger partial charge >= 0.3 is 0 Å². The van der Waals surface area contributed by atoms with Crippen molar-refractivity contribution >= 4 is 5.69 Å². The van der Waals surface area contributed by atoms with Crippen LogP contribution in [0.25, 0.3) is 11.3 Å². The molecule has 0 aliphatic carbocycles. The van der Waals surface area contributed by atoms with E-state index in [0.717, 1.165) is 40.6 Å². The second-order valence-corrected chi connectivity index (χ2v) is 4.23. The fraction of sp³-hybridized carbons (Fsp3) is 0.385. The third-order valence-corrected chi connectivity index (χ3v) is 3.06. The van der Waals surface area contributed by atoms with E-state index < -0.39 is 0 Å². The van der Waals surface area contributed by atoms with Gasteiger partial charge in [-0.1, -0.05) is 0 Å². The molecule has 17 heavy (non-hydrogen) atoms. The number of aromatic nitrogens is 3. The number of hydrogen-bond acceptors (Lipinski definition) is 3. The average molecular weight is 230 g/mol. The summed E-state index contributed by atoms with van der Waals surface area (Å²) in [6.07, 6.45) is 0. The van der Waals surface area contributed by atoms with Gasteiger partial charge in [0.25, 0.3) is 0 Å². The number of aryl methyl sites for hydroxylation is 3. The van der Waals surface area contributed by atoms with Crippen LogP contribution in [0.5, 0.6) is 0 Å². The van der Waals surface area contributed by atoms with E-state index in [-0.39, 0.29) is 0 Å². The summed E-state index contributed by atoms with van der Waals surface area (Å²) in [5.74, 6) is 0. The Balaban J connectivity index is 2.60. The van der Waals surface area contributed by atoms with Crippen molar-refractivity contribution in [1.29, 1.82) is 0 Å². The fourth-order valence-corrected chi connectivity index (χ4v) is 2.09. The van der Waals surface area contributed by atoms with Gasteiger partial charge in [0.1, 0.15) is 0 Å². The minimum atomic E-state index is 0.729. The lowest BCUT2D eigenvalue weighted by Crippen LogP contribution is -1.99. The first-order valence-electron chi connectivity index (χ1n) is 5.82. The number of nitrogens with zero attached hydrogens (tertiary/aromatic N) is 3. The maximum atomic E-state index is 5.79. The lowest BCUT2D eigenvalue weighted by molar-refractivity contribution is 0.634. The number of nitrogens with two attached hydrogens (primary N) is 1. The monoisotopic (exact) mass is 230 g/mol. The van der Waals surface area contributed by atoms with E-state index >= 15 is 0 Å². The average Bonchev–Trinajstić information content (AvgIpc) is 2.58. The molecule has 0 unspecified atom stereocenters. The summed E-state index contributed by atoms with van der Waals surface area (Å²) in [4.78, 5) is 4.53. The maximum absolute atomic E-state index is 5.79. The van der Waals surface area contributed by atoms with Crippen LogP contribution in [0.4, 0.5) is 5.69 Å². The van der Waals surface area contributed by atoms with E-state index in [1.165, 1.54) is 0 Å². The molecule has 2 rings (SSSR count). The highest BCUT2D eigenvalue weighted by molar-refractivity contribution is 5.66. The fourth-order valence-electron chi connectivity index (χ4n) is 2.09. The first-order chi connectivity index (χ1) is 8.04. The molecule has 0 amide bonds. The molecule has 2 heterocycles. The van der Waals surface area contributed by atoms with Crippen molar-refractivity contribution in [3.8, 4) is 11.3 Å². The van der Waals surface area contributed by atoms with Crippen LogP contribution in [0.2, 0.25) is 0 Å². The highest BCUT2D eigenvalue weighted by Gasteiger charge is 2.14. The van der Waals surface area contributed by atoms with Gasteiger partial charge in [-0.25, -0.2) is 0 Å². The van der Waals surface area contributed by atoms with Crippen LogP contribution in [0.15, 0.2) is 12.1 Å². The smallest absolute Gasteiger partial charge is 0.0743 e. The number of anilines is 1. The number of pyridine rings is 1. The zero-order valence-electron chi connectivity index (χ0n) is 10.8. The van der Waals surface area contributed by atoms with Gasteiger partial charge in [0.2, 0.25) is 0 Å². The summed E-state index contributed by atoms with van der Waals surface area (Å²) in [5, 5.41) is 4.50. The summed E-state index contributed by atoms with van der Waals surface area (Å²) < 4.78 is 2.00. The van der Waals surface area contributed by atoms with E-state index in [4.69, 9.17) is 5.73 Å². The topological polar surface area (TPSA) is 56.7 Å². The van der Waals surface area contributed by atoms with Gasteiger partial charge in [-0.05, 0) is 39.8 Å². The van der Waals surface area contributed by atoms with Crippen molar-refractivity contribution in [2.75, 3.05) is 5.73 Å². The van der Waals surface area contributed by atoms with E-state index in [0.29, 0.717) is 0 Å². The van der Waals surface area contributed by atoms with Gasteiger partial charge < -0.3 is 5.73 Å². The Kier molecular flexibility index (Phi) is 2.88. The number of hydrogen-bond donors (Lipinski definition) is 1. The summed E-state index contributed by atoms with van der Waals surface area (Å²) >= 11 is 0. The molecular formula is C13H18N4. The zero-order chi connectivity index (χ0) is 12.6. The molecule has 0 radical (unpaired) electrons. The van der Waals surface area contributed by atoms with Gasteiger partial charge in [0.15, 0.2) is 0 Å². The Bertz CT molecular complexity index is 555. The SMILES string of the molecule is CCn1nc(C)c(-c2ccc(N)c(C)n2)c1C. The van der Waals surface area contributed by atoms with Crippen LogP contribution in [0.1, 0.15) is 24.0 Å². The molecule has 0 bridgehead atoms. The van der Waals surface area contributed by atoms with Crippen molar-refractivity contribution in [3.05, 3.63) is 29.2 Å². The predicted molar refractivity (Wildman–Crippen MR) is 69.8 cm³/mol. The van der Waals surface area contributed by atoms with E-state index in [1.807, 2.05) is 30.7 Å². The summed E-state index contributed by atoms with van der Waals surface area (Å²) in [5.41, 5.74) is 11.6. The molecule has 0 saturated carbocycles. The van der Waals surface area contributed by atoms with E-state index in [1.54, 1.807) is 0 Å². The van der Waals surface area contributed by atoms with Crippen molar-refractivity contribution in [2.45, 2.75) is 34.2 Å². The minimum Gasteiger partial charge on any atom is -0.397 e. The van der Waals surface area contributed by atoms with Gasteiger partial charge in [0, 0.05) is 17.8 Å². The van der Waals surface area contributed by atoms with Crippen LogP contribution >= 0.6 is 0 Å². The van der Waals surface area contributed by atoms with Crippen molar-refractivity contribution in [3.63, 3.8) is 0 Å². The molecule has 0 fully saturated rings. The summed E-state index contributed by atoms with van der Waals surface area (Å²) in [6, 6.07) is 3.86. The molecule has 0 aromatic carbocycles. The van der Waals surface area contributed by atoms with E-state index in [2.05, 4.69) is 23.9 Å². The Morgan fingerprint density at radius 2 is 1.88 bits per heavy atom. The van der Waals surface area contributed by atoms with Gasteiger partial charge in [-0.15, -0.1) is 0 Å². The third-order valence-electron chi connectivity index (χ3n) is 3.06. The molecule has 90 valence electrons. The van der Waals surface area contributed by atoms with E-state index in [9.17, 15) is 0 Å². The quantitative estimate of drug-likeness (QED) is 0.862. The molecule has 2 aromatic rings. The molecule has 4 nitrogen and oxygen atoms in total. The minimum absolute atomic E-state index is 0.729. The highest BCUT2D eigenvalue weighted by Crippen LogP contribution is 2.26. The van der Waals surface area contributed by atoms with Crippen LogP contribution in [-0.2, 0) is 6.54 Å². The Hall–Kier alpha value is -1.84. The molecule has 0 atom stereocenters. The Morgan fingerprint density at radius 1 is 1.18 bits per heavy atom. The number of rotatable bonds is 2. The van der Waals surface area contributed by atoms with Gasteiger partial charge in [-0.2, -0.15) is 5.10 Å². The van der Waals surface area contributed by atoms with Crippen LogP contribution in [0, 0.1) is 20.8 Å². The van der Waals surface area contributed by atoms with Crippen molar-refractivity contribution in [2.24, 2.45) is 0 Å². The Labute approximate surface area is 101 Å². The van der Waals surface area contributed by atoms with Crippen LogP contribution < -0.4 is 5.73 Å². The first-order valence-corrected chi connectivity index (χ1v) is 5.82. The molecule has 4 heteroatoms. The molecule has 0 saturated heterocycles. The molecule has 0 aliphatic heterocycles. The molecule has 0 spiro atoms. The standard InChI is InChI=1S/C13H18N4/c1-5-17-10(4)13(9(3)16-17)12-7-6-11(14)8(2)15-12/h6-7H,5,14H2,1-4H3. The van der Waals surface area contributed by atoms with Crippen molar-refractivity contribution in [1.82, 2.24) is 14.8 Å². The van der Waals surface area contributed by atoms with Gasteiger partial charge in [0.05, 0.1) is 22.8 Å². The number of nitrogen functional groups attached to an aromatic ring is 1. The van der Waals surface area contributed by atoms with Crippen LogP contribution in [-0.4, -0.2) is 14.8 Å².